The van der Waals surface area contributed by atoms with Crippen molar-refractivity contribution < 1.29 is 0 Å². The van der Waals surface area contributed by atoms with Gasteiger partial charge in [0.25, 0.3) is 0 Å². The number of benzene rings is 11. The molecular formula is C62H43NS. The van der Waals surface area contributed by atoms with Gasteiger partial charge in [-0.15, -0.1) is 10.0 Å². The van der Waals surface area contributed by atoms with Crippen molar-refractivity contribution in [3.05, 3.63) is 261 Å². The van der Waals surface area contributed by atoms with E-state index in [2.05, 4.69) is 266 Å². The molecule has 0 radical (unpaired) electrons. The quantitative estimate of drug-likeness (QED) is 0.147. The van der Waals surface area contributed by atoms with Gasteiger partial charge in [-0.05, 0) is 133 Å². The van der Waals surface area contributed by atoms with Crippen LogP contribution in [-0.4, -0.2) is 0 Å². The van der Waals surface area contributed by atoms with Gasteiger partial charge in [0.2, 0.25) is 0 Å². The van der Waals surface area contributed by atoms with Crippen LogP contribution < -0.4 is 4.90 Å². The molecule has 2 heteroatoms. The summed E-state index contributed by atoms with van der Waals surface area (Å²) >= 11 is 0. The fraction of sp³-hybridized carbons (Fsp3) is 0. The van der Waals surface area contributed by atoms with Gasteiger partial charge in [0.05, 0.1) is 0 Å². The molecule has 11 aromatic rings. The minimum atomic E-state index is -1.87. The third-order valence-electron chi connectivity index (χ3n) is 12.9. The molecule has 0 saturated heterocycles. The van der Waals surface area contributed by atoms with Gasteiger partial charge in [-0.3, -0.25) is 0 Å². The zero-order valence-electron chi connectivity index (χ0n) is 35.2. The highest BCUT2D eigenvalue weighted by molar-refractivity contribution is 8.34. The highest BCUT2D eigenvalue weighted by Gasteiger charge is 2.43. The Bertz CT molecular complexity index is 3410. The highest BCUT2D eigenvalue weighted by Crippen LogP contribution is 2.81. The Hall–Kier alpha value is -7.91. The second-order valence-corrected chi connectivity index (χ2v) is 19.5. The van der Waals surface area contributed by atoms with Crippen molar-refractivity contribution >= 4 is 48.6 Å². The Labute approximate surface area is 376 Å². The van der Waals surface area contributed by atoms with Crippen LogP contribution in [0.4, 0.5) is 17.1 Å². The first-order chi connectivity index (χ1) is 31.8. The van der Waals surface area contributed by atoms with Crippen LogP contribution in [-0.2, 0) is 0 Å². The molecule has 1 nitrogen and oxygen atoms in total. The van der Waals surface area contributed by atoms with Crippen LogP contribution in [0.15, 0.2) is 280 Å². The van der Waals surface area contributed by atoms with Crippen molar-refractivity contribution in [2.24, 2.45) is 0 Å². The van der Waals surface area contributed by atoms with Crippen LogP contribution in [0.2, 0.25) is 0 Å². The van der Waals surface area contributed by atoms with Crippen LogP contribution in [0.1, 0.15) is 0 Å². The molecule has 0 aromatic heterocycles. The first-order valence-corrected chi connectivity index (χ1v) is 23.6. The summed E-state index contributed by atoms with van der Waals surface area (Å²) in [4.78, 5) is 7.91. The van der Waals surface area contributed by atoms with Gasteiger partial charge in [-0.1, -0.05) is 194 Å². The number of fused-ring (bicyclic) bond motifs is 6. The fourth-order valence-electron chi connectivity index (χ4n) is 10.0. The van der Waals surface area contributed by atoms with Crippen molar-refractivity contribution in [2.45, 2.75) is 19.6 Å². The molecule has 0 spiro atoms. The third-order valence-corrected chi connectivity index (χ3v) is 16.9. The van der Waals surface area contributed by atoms with E-state index in [1.807, 2.05) is 0 Å². The maximum absolute atomic E-state index is 2.46. The standard InChI is InChI=1S/C62H43NS/c1-5-17-44(18-6-1)45-31-36-50(37-32-45)63(51-38-33-48(34-39-51)56-30-16-23-49-22-15-29-55(61(49)56)46-19-7-2-8-20-46)52-40-42-60-59(43-52)58-41-35-47-21-13-14-28-57(47)62(58)64(60,53-24-9-3-10-25-53)54-26-11-4-12-27-54/h1-43H. The normalized spacial score (nSPS) is 13.0. The van der Waals surface area contributed by atoms with Crippen LogP contribution >= 0.6 is 10.0 Å². The van der Waals surface area contributed by atoms with Crippen molar-refractivity contribution in [2.75, 3.05) is 4.90 Å². The smallest absolute Gasteiger partial charge is 0.0468 e. The minimum Gasteiger partial charge on any atom is -0.310 e. The molecule has 12 rings (SSSR count). The largest absolute Gasteiger partial charge is 0.310 e. The van der Waals surface area contributed by atoms with Gasteiger partial charge in [-0.2, -0.15) is 0 Å². The molecule has 11 aromatic carbocycles. The van der Waals surface area contributed by atoms with E-state index in [0.29, 0.717) is 0 Å². The average molecular weight is 834 g/mol. The van der Waals surface area contributed by atoms with Crippen molar-refractivity contribution in [3.8, 4) is 44.5 Å². The molecule has 0 bridgehead atoms. The predicted octanol–water partition coefficient (Wildman–Crippen LogP) is 17.8. The summed E-state index contributed by atoms with van der Waals surface area (Å²) in [5.74, 6) is 0. The molecule has 1 aliphatic heterocycles. The number of anilines is 3. The second-order valence-electron chi connectivity index (χ2n) is 16.5. The molecular weight excluding hydrogens is 791 g/mol. The Morgan fingerprint density at radius 2 is 0.750 bits per heavy atom. The highest BCUT2D eigenvalue weighted by atomic mass is 32.3. The monoisotopic (exact) mass is 833 g/mol. The van der Waals surface area contributed by atoms with Crippen molar-refractivity contribution in [1.29, 1.82) is 0 Å². The van der Waals surface area contributed by atoms with E-state index in [-0.39, 0.29) is 0 Å². The maximum Gasteiger partial charge on any atom is 0.0468 e. The maximum atomic E-state index is 2.46. The molecule has 0 N–H and O–H groups in total. The summed E-state index contributed by atoms with van der Waals surface area (Å²) in [7, 11) is -1.87. The van der Waals surface area contributed by atoms with Gasteiger partial charge >= 0.3 is 0 Å². The summed E-state index contributed by atoms with van der Waals surface area (Å²) in [6, 6.07) is 96.3. The molecule has 1 heterocycles. The zero-order valence-corrected chi connectivity index (χ0v) is 36.0. The first-order valence-electron chi connectivity index (χ1n) is 22.0. The molecule has 1 aliphatic rings. The molecule has 0 amide bonds. The van der Waals surface area contributed by atoms with E-state index >= 15 is 0 Å². The van der Waals surface area contributed by atoms with Crippen molar-refractivity contribution in [1.82, 2.24) is 0 Å². The lowest BCUT2D eigenvalue weighted by Gasteiger charge is -2.40. The average Bonchev–Trinajstić information content (AvgIpc) is 3.68. The molecule has 302 valence electrons. The van der Waals surface area contributed by atoms with Crippen LogP contribution in [0.3, 0.4) is 0 Å². The fourth-order valence-corrected chi connectivity index (χ4v) is 14.4. The minimum absolute atomic E-state index is 1.10. The van der Waals surface area contributed by atoms with Crippen molar-refractivity contribution in [3.63, 3.8) is 0 Å². The van der Waals surface area contributed by atoms with Gasteiger partial charge in [0.15, 0.2) is 0 Å². The van der Waals surface area contributed by atoms with Gasteiger partial charge < -0.3 is 4.90 Å². The van der Waals surface area contributed by atoms with E-state index in [1.165, 1.54) is 85.6 Å². The molecule has 64 heavy (non-hydrogen) atoms. The van der Waals surface area contributed by atoms with E-state index in [4.69, 9.17) is 0 Å². The van der Waals surface area contributed by atoms with E-state index in [1.54, 1.807) is 0 Å². The summed E-state index contributed by atoms with van der Waals surface area (Å²) in [5.41, 5.74) is 13.2. The Morgan fingerprint density at radius 1 is 0.281 bits per heavy atom. The summed E-state index contributed by atoms with van der Waals surface area (Å²) in [6.07, 6.45) is 0. The lowest BCUT2D eigenvalue weighted by atomic mass is 9.91. The van der Waals surface area contributed by atoms with E-state index in [9.17, 15) is 0 Å². The lowest BCUT2D eigenvalue weighted by molar-refractivity contribution is 1.26. The van der Waals surface area contributed by atoms with Gasteiger partial charge in [0.1, 0.15) is 0 Å². The second kappa shape index (κ2) is 15.8. The summed E-state index contributed by atoms with van der Waals surface area (Å²) < 4.78 is 0. The van der Waals surface area contributed by atoms with Crippen LogP contribution in [0.5, 0.6) is 0 Å². The van der Waals surface area contributed by atoms with E-state index < -0.39 is 10.0 Å². The molecule has 0 saturated carbocycles. The van der Waals surface area contributed by atoms with Crippen LogP contribution in [0, 0.1) is 0 Å². The summed E-state index contributed by atoms with van der Waals surface area (Å²) in [5, 5.41) is 5.08. The Kier molecular flexibility index (Phi) is 9.32. The Morgan fingerprint density at radius 3 is 1.36 bits per heavy atom. The number of nitrogens with zero attached hydrogens (tertiary/aromatic N) is 1. The molecule has 0 aliphatic carbocycles. The van der Waals surface area contributed by atoms with Gasteiger partial charge in [-0.25, -0.2) is 0 Å². The molecule has 0 unspecified atom stereocenters. The topological polar surface area (TPSA) is 3.24 Å². The third kappa shape index (κ3) is 6.18. The van der Waals surface area contributed by atoms with E-state index in [0.717, 1.165) is 17.1 Å². The predicted molar refractivity (Wildman–Crippen MR) is 271 cm³/mol. The molecule has 0 fully saturated rings. The SMILES string of the molecule is c1ccc(-c2ccc(N(c3ccc(-c4cccc5cccc(-c6ccccc6)c45)cc3)c3ccc4c(c3)-c3ccc5ccccc5c3S4(c3ccccc3)c3ccccc3)cc2)cc1. The zero-order chi connectivity index (χ0) is 42.5. The lowest BCUT2D eigenvalue weighted by Crippen LogP contribution is -2.10. The summed E-state index contributed by atoms with van der Waals surface area (Å²) in [6.45, 7) is 0. The Balaban J connectivity index is 1.06. The molecule has 0 atom stereocenters. The van der Waals surface area contributed by atoms with Crippen LogP contribution in [0.25, 0.3) is 66.1 Å². The number of hydrogen-bond donors (Lipinski definition) is 0. The van der Waals surface area contributed by atoms with Gasteiger partial charge in [0, 0.05) is 36.6 Å². The number of rotatable bonds is 8. The first kappa shape index (κ1) is 37.8. The number of hydrogen-bond acceptors (Lipinski definition) is 1.